The lowest BCUT2D eigenvalue weighted by molar-refractivity contribution is -0.137. The zero-order chi connectivity index (χ0) is 24.3. The zero-order valence-electron chi connectivity index (χ0n) is 18.0. The van der Waals surface area contributed by atoms with Crippen LogP contribution in [0.1, 0.15) is 27.9 Å². The van der Waals surface area contributed by atoms with E-state index in [9.17, 15) is 27.2 Å². The molecule has 4 rings (SSSR count). The van der Waals surface area contributed by atoms with E-state index in [1.54, 1.807) is 34.1 Å². The Morgan fingerprint density at radius 3 is 2.32 bits per heavy atom. The minimum atomic E-state index is -4.41. The highest BCUT2D eigenvalue weighted by atomic mass is 19.4. The van der Waals surface area contributed by atoms with E-state index >= 15 is 0 Å². The smallest absolute Gasteiger partial charge is 0.322 e. The highest BCUT2D eigenvalue weighted by molar-refractivity contribution is 6.04. The van der Waals surface area contributed by atoms with E-state index in [0.29, 0.717) is 42.0 Å². The van der Waals surface area contributed by atoms with E-state index in [1.165, 1.54) is 36.4 Å². The summed E-state index contributed by atoms with van der Waals surface area (Å²) in [4.78, 5) is 28.7. The van der Waals surface area contributed by atoms with Crippen molar-refractivity contribution in [2.24, 2.45) is 0 Å². The summed E-state index contributed by atoms with van der Waals surface area (Å²) in [5.41, 5.74) is 1.22. The van der Waals surface area contributed by atoms with Crippen LogP contribution < -0.4 is 10.2 Å². The Balaban J connectivity index is 1.45. The first-order valence-electron chi connectivity index (χ1n) is 10.6. The number of urea groups is 1. The van der Waals surface area contributed by atoms with Gasteiger partial charge in [-0.3, -0.25) is 9.69 Å². The fourth-order valence-electron chi connectivity index (χ4n) is 3.74. The van der Waals surface area contributed by atoms with Crippen LogP contribution in [0.4, 0.5) is 33.7 Å². The molecule has 1 aliphatic heterocycles. The summed E-state index contributed by atoms with van der Waals surface area (Å²) in [5, 5.41) is 2.74. The minimum Gasteiger partial charge on any atom is -0.322 e. The Bertz CT molecular complexity index is 1180. The van der Waals surface area contributed by atoms with Gasteiger partial charge in [0.15, 0.2) is 0 Å². The molecule has 1 saturated heterocycles. The summed E-state index contributed by atoms with van der Waals surface area (Å²) >= 11 is 0. The number of carbonyl (C=O) groups is 2. The van der Waals surface area contributed by atoms with Gasteiger partial charge in [0, 0.05) is 36.6 Å². The second-order valence-electron chi connectivity index (χ2n) is 7.92. The standard InChI is InChI=1S/C25H21F4N3O2/c26-20-11-7-18(8-12-20)23(33)30-21-3-1-4-22(15-21)32-14-2-13-31(24(32)34)16-17-5-9-19(10-6-17)25(27,28)29/h1,3-12,15H,2,13-14,16H2,(H,30,33). The number of halogens is 4. The lowest BCUT2D eigenvalue weighted by Gasteiger charge is -2.36. The Labute approximate surface area is 193 Å². The molecule has 5 nitrogen and oxygen atoms in total. The summed E-state index contributed by atoms with van der Waals surface area (Å²) in [7, 11) is 0. The van der Waals surface area contributed by atoms with E-state index in [0.717, 1.165) is 12.1 Å². The van der Waals surface area contributed by atoms with E-state index in [4.69, 9.17) is 0 Å². The largest absolute Gasteiger partial charge is 0.416 e. The topological polar surface area (TPSA) is 52.7 Å². The van der Waals surface area contributed by atoms with Gasteiger partial charge in [-0.1, -0.05) is 18.2 Å². The highest BCUT2D eigenvalue weighted by Crippen LogP contribution is 2.30. The number of carbonyl (C=O) groups excluding carboxylic acids is 2. The van der Waals surface area contributed by atoms with Crippen molar-refractivity contribution in [1.29, 1.82) is 0 Å². The van der Waals surface area contributed by atoms with Gasteiger partial charge in [-0.25, -0.2) is 9.18 Å². The number of nitrogens with one attached hydrogen (secondary N) is 1. The van der Waals surface area contributed by atoms with E-state index in [2.05, 4.69) is 5.32 Å². The van der Waals surface area contributed by atoms with Crippen molar-refractivity contribution in [3.05, 3.63) is 95.3 Å². The zero-order valence-corrected chi connectivity index (χ0v) is 18.0. The second kappa shape index (κ2) is 9.54. The van der Waals surface area contributed by atoms with Crippen LogP contribution in [0, 0.1) is 5.82 Å². The predicted molar refractivity (Wildman–Crippen MR) is 120 cm³/mol. The van der Waals surface area contributed by atoms with Crippen molar-refractivity contribution >= 4 is 23.3 Å². The van der Waals surface area contributed by atoms with Crippen LogP contribution in [-0.4, -0.2) is 29.9 Å². The molecule has 34 heavy (non-hydrogen) atoms. The molecule has 0 unspecified atom stereocenters. The van der Waals surface area contributed by atoms with Gasteiger partial charge in [0.1, 0.15) is 5.82 Å². The average Bonchev–Trinajstić information content (AvgIpc) is 2.81. The molecule has 1 heterocycles. The predicted octanol–water partition coefficient (Wildman–Crippen LogP) is 5.93. The molecular formula is C25H21F4N3O2. The number of amides is 3. The SMILES string of the molecule is O=C(Nc1cccc(N2CCCN(Cc3ccc(C(F)(F)F)cc3)C2=O)c1)c1ccc(F)cc1. The van der Waals surface area contributed by atoms with Crippen molar-refractivity contribution in [1.82, 2.24) is 4.90 Å². The summed E-state index contributed by atoms with van der Waals surface area (Å²) < 4.78 is 51.5. The normalized spacial score (nSPS) is 14.3. The summed E-state index contributed by atoms with van der Waals surface area (Å²) in [6, 6.07) is 16.4. The number of alkyl halides is 3. The molecule has 1 aliphatic rings. The molecule has 0 spiro atoms. The van der Waals surface area contributed by atoms with Gasteiger partial charge in [-0.15, -0.1) is 0 Å². The molecule has 1 N–H and O–H groups in total. The lowest BCUT2D eigenvalue weighted by atomic mass is 10.1. The van der Waals surface area contributed by atoms with Gasteiger partial charge in [-0.05, 0) is 66.6 Å². The molecule has 0 bridgehead atoms. The van der Waals surface area contributed by atoms with Crippen LogP contribution >= 0.6 is 0 Å². The van der Waals surface area contributed by atoms with E-state index in [-0.39, 0.29) is 12.6 Å². The molecule has 0 aromatic heterocycles. The van der Waals surface area contributed by atoms with Crippen LogP contribution in [0.25, 0.3) is 0 Å². The third kappa shape index (κ3) is 5.36. The average molecular weight is 471 g/mol. The Morgan fingerprint density at radius 2 is 1.65 bits per heavy atom. The molecular weight excluding hydrogens is 450 g/mol. The molecule has 1 fully saturated rings. The Morgan fingerprint density at radius 1 is 0.941 bits per heavy atom. The molecule has 0 radical (unpaired) electrons. The van der Waals surface area contributed by atoms with Crippen molar-refractivity contribution in [3.8, 4) is 0 Å². The Hall–Kier alpha value is -3.88. The van der Waals surface area contributed by atoms with Crippen molar-refractivity contribution in [2.75, 3.05) is 23.3 Å². The van der Waals surface area contributed by atoms with Crippen molar-refractivity contribution in [2.45, 2.75) is 19.1 Å². The first kappa shape index (κ1) is 23.3. The van der Waals surface area contributed by atoms with Crippen LogP contribution in [-0.2, 0) is 12.7 Å². The molecule has 3 aromatic rings. The van der Waals surface area contributed by atoms with Gasteiger partial charge in [0.2, 0.25) is 0 Å². The molecule has 0 aliphatic carbocycles. The third-order valence-electron chi connectivity index (χ3n) is 5.49. The second-order valence-corrected chi connectivity index (χ2v) is 7.92. The number of hydrogen-bond acceptors (Lipinski definition) is 2. The van der Waals surface area contributed by atoms with Crippen LogP contribution in [0.5, 0.6) is 0 Å². The molecule has 0 saturated carbocycles. The van der Waals surface area contributed by atoms with Crippen molar-refractivity contribution in [3.63, 3.8) is 0 Å². The van der Waals surface area contributed by atoms with E-state index < -0.39 is 23.5 Å². The first-order valence-corrected chi connectivity index (χ1v) is 10.6. The van der Waals surface area contributed by atoms with Gasteiger partial charge in [0.25, 0.3) is 5.91 Å². The van der Waals surface area contributed by atoms with Crippen LogP contribution in [0.15, 0.2) is 72.8 Å². The third-order valence-corrected chi connectivity index (χ3v) is 5.49. The fourth-order valence-corrected chi connectivity index (χ4v) is 3.74. The number of benzene rings is 3. The van der Waals surface area contributed by atoms with E-state index in [1.807, 2.05) is 0 Å². The van der Waals surface area contributed by atoms with Crippen LogP contribution in [0.2, 0.25) is 0 Å². The lowest BCUT2D eigenvalue weighted by Crippen LogP contribution is -2.49. The fraction of sp³-hybridized carbons (Fsp3) is 0.200. The molecule has 3 aromatic carbocycles. The molecule has 176 valence electrons. The molecule has 3 amide bonds. The highest BCUT2D eigenvalue weighted by Gasteiger charge is 2.31. The quantitative estimate of drug-likeness (QED) is 0.469. The first-order chi connectivity index (χ1) is 16.2. The maximum Gasteiger partial charge on any atom is 0.416 e. The summed E-state index contributed by atoms with van der Waals surface area (Å²) in [6.07, 6.45) is -3.73. The molecule has 0 atom stereocenters. The van der Waals surface area contributed by atoms with Gasteiger partial charge in [-0.2, -0.15) is 13.2 Å². The monoisotopic (exact) mass is 471 g/mol. The van der Waals surface area contributed by atoms with Gasteiger partial charge < -0.3 is 10.2 Å². The van der Waals surface area contributed by atoms with Gasteiger partial charge in [0.05, 0.1) is 5.56 Å². The van der Waals surface area contributed by atoms with Crippen molar-refractivity contribution < 1.29 is 27.2 Å². The maximum absolute atomic E-state index is 13.1. The maximum atomic E-state index is 13.1. The Kier molecular flexibility index (Phi) is 6.54. The number of hydrogen-bond donors (Lipinski definition) is 1. The van der Waals surface area contributed by atoms with Crippen LogP contribution in [0.3, 0.4) is 0 Å². The summed E-state index contributed by atoms with van der Waals surface area (Å²) in [5.74, 6) is -0.853. The number of nitrogens with zero attached hydrogens (tertiary/aromatic N) is 2. The molecule has 9 heteroatoms. The number of anilines is 2. The number of rotatable bonds is 5. The van der Waals surface area contributed by atoms with Gasteiger partial charge >= 0.3 is 12.2 Å². The minimum absolute atomic E-state index is 0.189. The summed E-state index contributed by atoms with van der Waals surface area (Å²) in [6.45, 7) is 1.14.